The second kappa shape index (κ2) is 8.33. The molecule has 0 radical (unpaired) electrons. The number of benzene rings is 2. The molecule has 0 atom stereocenters. The van der Waals surface area contributed by atoms with Crippen LogP contribution in [0.5, 0.6) is 5.75 Å². The van der Waals surface area contributed by atoms with Crippen LogP contribution in [-0.2, 0) is 26.6 Å². The summed E-state index contributed by atoms with van der Waals surface area (Å²) < 4.78 is 59.7. The minimum absolute atomic E-state index is 0.120. The van der Waals surface area contributed by atoms with Crippen LogP contribution in [0.3, 0.4) is 0 Å². The van der Waals surface area contributed by atoms with Crippen molar-refractivity contribution in [3.63, 3.8) is 0 Å². The average Bonchev–Trinajstić information content (AvgIpc) is 2.68. The fourth-order valence-electron chi connectivity index (χ4n) is 3.39. The molecule has 3 rings (SSSR count). The molecule has 0 unspecified atom stereocenters. The Morgan fingerprint density at radius 2 is 1.76 bits per heavy atom. The molecule has 158 valence electrons. The number of hydrogen-bond donors (Lipinski definition) is 1. The minimum Gasteiger partial charge on any atom is -0.497 e. The van der Waals surface area contributed by atoms with Gasteiger partial charge in [-0.3, -0.25) is 4.31 Å². The van der Waals surface area contributed by atoms with Crippen molar-refractivity contribution in [2.75, 3.05) is 23.7 Å². The van der Waals surface area contributed by atoms with E-state index >= 15 is 0 Å². The zero-order chi connectivity index (χ0) is 21.2. The van der Waals surface area contributed by atoms with E-state index in [1.165, 1.54) is 4.31 Å². The number of nitrogens with zero attached hydrogens (tertiary/aromatic N) is 1. The molecule has 1 aliphatic rings. The van der Waals surface area contributed by atoms with Crippen molar-refractivity contribution >= 4 is 25.7 Å². The van der Waals surface area contributed by atoms with Crippen LogP contribution in [0.15, 0.2) is 41.3 Å². The van der Waals surface area contributed by atoms with E-state index in [0.717, 1.165) is 12.0 Å². The Kier molecular flexibility index (Phi) is 6.21. The van der Waals surface area contributed by atoms with E-state index < -0.39 is 20.0 Å². The standard InChI is InChI=1S/C20H26N2O5S2/c1-15-13-20(16(2)12-19(15)22-10-4-5-11-28(22,23)24)29(25,26)21-14-17-6-8-18(27-3)9-7-17/h6-9,12-13,21H,4-5,10-11,14H2,1-3H3. The van der Waals surface area contributed by atoms with Gasteiger partial charge in [0.15, 0.2) is 0 Å². The number of sulfonamides is 2. The Balaban J connectivity index is 1.85. The number of aryl methyl sites for hydroxylation is 2. The lowest BCUT2D eigenvalue weighted by atomic mass is 10.1. The summed E-state index contributed by atoms with van der Waals surface area (Å²) in [6.07, 6.45) is 1.44. The second-order valence-electron chi connectivity index (χ2n) is 7.17. The number of rotatable bonds is 6. The van der Waals surface area contributed by atoms with Crippen LogP contribution in [0.2, 0.25) is 0 Å². The summed E-state index contributed by atoms with van der Waals surface area (Å²) in [6.45, 7) is 3.99. The molecule has 0 aliphatic carbocycles. The van der Waals surface area contributed by atoms with Gasteiger partial charge >= 0.3 is 0 Å². The van der Waals surface area contributed by atoms with Crippen LogP contribution in [0.25, 0.3) is 0 Å². The van der Waals surface area contributed by atoms with E-state index in [1.54, 1.807) is 57.4 Å². The first-order valence-electron chi connectivity index (χ1n) is 9.38. The Labute approximate surface area is 172 Å². The summed E-state index contributed by atoms with van der Waals surface area (Å²) >= 11 is 0. The molecule has 9 heteroatoms. The predicted molar refractivity (Wildman–Crippen MR) is 113 cm³/mol. The van der Waals surface area contributed by atoms with Gasteiger partial charge in [-0.1, -0.05) is 12.1 Å². The number of ether oxygens (including phenoxy) is 1. The maximum atomic E-state index is 12.8. The van der Waals surface area contributed by atoms with Crippen LogP contribution in [0.4, 0.5) is 5.69 Å². The number of nitrogens with one attached hydrogen (secondary N) is 1. The van der Waals surface area contributed by atoms with Gasteiger partial charge in [0.1, 0.15) is 5.75 Å². The highest BCUT2D eigenvalue weighted by Crippen LogP contribution is 2.31. The monoisotopic (exact) mass is 438 g/mol. The Morgan fingerprint density at radius 1 is 1.07 bits per heavy atom. The van der Waals surface area contributed by atoms with Gasteiger partial charge in [0.2, 0.25) is 20.0 Å². The number of hydrogen-bond acceptors (Lipinski definition) is 5. The molecule has 1 heterocycles. The lowest BCUT2D eigenvalue weighted by Crippen LogP contribution is -2.38. The molecule has 2 aromatic carbocycles. The van der Waals surface area contributed by atoms with Crippen LogP contribution in [-0.4, -0.2) is 36.2 Å². The summed E-state index contributed by atoms with van der Waals surface area (Å²) in [5, 5.41) is 0. The van der Waals surface area contributed by atoms with Crippen molar-refractivity contribution < 1.29 is 21.6 Å². The van der Waals surface area contributed by atoms with E-state index in [2.05, 4.69) is 4.72 Å². The van der Waals surface area contributed by atoms with Gasteiger partial charge in [0.05, 0.1) is 23.4 Å². The lowest BCUT2D eigenvalue weighted by molar-refractivity contribution is 0.414. The minimum atomic E-state index is -3.75. The Morgan fingerprint density at radius 3 is 2.38 bits per heavy atom. The Bertz CT molecular complexity index is 1090. The van der Waals surface area contributed by atoms with Crippen molar-refractivity contribution in [3.05, 3.63) is 53.1 Å². The van der Waals surface area contributed by atoms with E-state index in [0.29, 0.717) is 35.5 Å². The number of methoxy groups -OCH3 is 1. The van der Waals surface area contributed by atoms with Gasteiger partial charge in [-0.25, -0.2) is 21.6 Å². The lowest BCUT2D eigenvalue weighted by Gasteiger charge is -2.30. The van der Waals surface area contributed by atoms with Crippen molar-refractivity contribution in [3.8, 4) is 5.75 Å². The van der Waals surface area contributed by atoms with Gasteiger partial charge in [-0.15, -0.1) is 0 Å². The summed E-state index contributed by atoms with van der Waals surface area (Å²) in [5.41, 5.74) is 2.48. The smallest absolute Gasteiger partial charge is 0.241 e. The molecular weight excluding hydrogens is 412 g/mol. The molecule has 2 aromatic rings. The summed E-state index contributed by atoms with van der Waals surface area (Å²) in [4.78, 5) is 0.154. The SMILES string of the molecule is COc1ccc(CNS(=O)(=O)c2cc(C)c(N3CCCCS3(=O)=O)cc2C)cc1. The topological polar surface area (TPSA) is 92.8 Å². The first-order chi connectivity index (χ1) is 13.6. The van der Waals surface area contributed by atoms with Crippen LogP contribution in [0, 0.1) is 13.8 Å². The highest BCUT2D eigenvalue weighted by atomic mass is 32.2. The molecule has 29 heavy (non-hydrogen) atoms. The average molecular weight is 439 g/mol. The normalized spacial score (nSPS) is 16.6. The van der Waals surface area contributed by atoms with E-state index in [4.69, 9.17) is 4.74 Å². The van der Waals surface area contributed by atoms with Crippen LogP contribution < -0.4 is 13.8 Å². The van der Waals surface area contributed by atoms with E-state index in [1.807, 2.05) is 0 Å². The van der Waals surface area contributed by atoms with Crippen molar-refractivity contribution in [1.82, 2.24) is 4.72 Å². The highest BCUT2D eigenvalue weighted by Gasteiger charge is 2.28. The van der Waals surface area contributed by atoms with Crippen molar-refractivity contribution in [2.45, 2.75) is 38.1 Å². The van der Waals surface area contributed by atoms with Gasteiger partial charge < -0.3 is 4.74 Å². The van der Waals surface area contributed by atoms with Crippen molar-refractivity contribution in [2.24, 2.45) is 0 Å². The van der Waals surface area contributed by atoms with Crippen LogP contribution in [0.1, 0.15) is 29.5 Å². The fraction of sp³-hybridized carbons (Fsp3) is 0.400. The molecular formula is C20H26N2O5S2. The quantitative estimate of drug-likeness (QED) is 0.749. The van der Waals surface area contributed by atoms with Gasteiger partial charge in [0.25, 0.3) is 0 Å². The summed E-state index contributed by atoms with van der Waals surface area (Å²) in [5.74, 6) is 0.820. The molecule has 0 aromatic heterocycles. The third-order valence-corrected chi connectivity index (χ3v) is 8.43. The van der Waals surface area contributed by atoms with E-state index in [9.17, 15) is 16.8 Å². The molecule has 7 nitrogen and oxygen atoms in total. The van der Waals surface area contributed by atoms with Crippen molar-refractivity contribution in [1.29, 1.82) is 0 Å². The first-order valence-corrected chi connectivity index (χ1v) is 12.5. The number of anilines is 1. The molecule has 1 fully saturated rings. The zero-order valence-electron chi connectivity index (χ0n) is 16.8. The largest absolute Gasteiger partial charge is 0.497 e. The van der Waals surface area contributed by atoms with Gasteiger partial charge in [-0.05, 0) is 67.6 Å². The van der Waals surface area contributed by atoms with E-state index in [-0.39, 0.29) is 17.2 Å². The molecule has 1 N–H and O–H groups in total. The zero-order valence-corrected chi connectivity index (χ0v) is 18.4. The summed E-state index contributed by atoms with van der Waals surface area (Å²) in [6, 6.07) is 10.3. The molecule has 0 spiro atoms. The third-order valence-electron chi connectivity index (χ3n) is 5.03. The molecule has 0 amide bonds. The summed E-state index contributed by atoms with van der Waals surface area (Å²) in [7, 11) is -5.54. The second-order valence-corrected chi connectivity index (χ2v) is 10.9. The predicted octanol–water partition coefficient (Wildman–Crippen LogP) is 2.72. The maximum absolute atomic E-state index is 12.8. The first kappa shape index (κ1) is 21.6. The van der Waals surface area contributed by atoms with Crippen LogP contribution >= 0.6 is 0 Å². The molecule has 0 saturated carbocycles. The highest BCUT2D eigenvalue weighted by molar-refractivity contribution is 7.92. The maximum Gasteiger partial charge on any atom is 0.241 e. The third kappa shape index (κ3) is 4.73. The molecule has 0 bridgehead atoms. The fourth-order valence-corrected chi connectivity index (χ4v) is 6.41. The molecule has 1 saturated heterocycles. The van der Waals surface area contributed by atoms with Gasteiger partial charge in [0, 0.05) is 13.1 Å². The Hall–Kier alpha value is -2.10. The van der Waals surface area contributed by atoms with Gasteiger partial charge in [-0.2, -0.15) is 0 Å². The molecule has 1 aliphatic heterocycles.